The summed E-state index contributed by atoms with van der Waals surface area (Å²) in [6.07, 6.45) is -0.792. The van der Waals surface area contributed by atoms with Crippen LogP contribution in [0.1, 0.15) is 6.92 Å². The lowest BCUT2D eigenvalue weighted by molar-refractivity contribution is -0.141. The van der Waals surface area contributed by atoms with Crippen molar-refractivity contribution in [3.63, 3.8) is 0 Å². The Bertz CT molecular complexity index is 419. The molecule has 1 amide bonds. The number of esters is 1. The van der Waals surface area contributed by atoms with Crippen molar-refractivity contribution in [1.29, 1.82) is 0 Å². The number of rotatable bonds is 5. The molecular weight excluding hydrogens is 241 g/mol. The van der Waals surface area contributed by atoms with E-state index in [1.807, 2.05) is 0 Å². The minimum absolute atomic E-state index is 0.216. The average Bonchev–Trinajstić information content (AvgIpc) is 2.38. The second-order valence-corrected chi connectivity index (χ2v) is 3.51. The van der Waals surface area contributed by atoms with E-state index in [2.05, 4.69) is 10.1 Å². The zero-order valence-electron chi connectivity index (χ0n) is 10.1. The first-order chi connectivity index (χ1) is 8.52. The van der Waals surface area contributed by atoms with E-state index in [4.69, 9.17) is 4.74 Å². The fourth-order valence-electron chi connectivity index (χ4n) is 1.15. The molecule has 1 N–H and O–H groups in total. The van der Waals surface area contributed by atoms with Crippen molar-refractivity contribution in [2.24, 2.45) is 0 Å². The molecular formula is C12H14FNO4. The van der Waals surface area contributed by atoms with Crippen molar-refractivity contribution in [3.05, 3.63) is 30.1 Å². The first kappa shape index (κ1) is 14.0. The molecule has 1 atom stereocenters. The number of benzene rings is 1. The molecule has 5 nitrogen and oxygen atoms in total. The number of nitrogens with one attached hydrogen (secondary N) is 1. The van der Waals surface area contributed by atoms with Gasteiger partial charge in [-0.15, -0.1) is 0 Å². The normalized spacial score (nSPS) is 11.5. The van der Waals surface area contributed by atoms with E-state index in [-0.39, 0.29) is 12.4 Å². The Labute approximate surface area is 104 Å². The highest BCUT2D eigenvalue weighted by molar-refractivity contribution is 5.84. The maximum atomic E-state index is 12.6. The summed E-state index contributed by atoms with van der Waals surface area (Å²) < 4.78 is 22.3. The third kappa shape index (κ3) is 4.40. The van der Waals surface area contributed by atoms with Gasteiger partial charge in [-0.2, -0.15) is 0 Å². The van der Waals surface area contributed by atoms with Crippen LogP contribution in [0.4, 0.5) is 4.39 Å². The molecule has 0 aliphatic rings. The smallest absolute Gasteiger partial charge is 0.325 e. The van der Waals surface area contributed by atoms with Crippen LogP contribution in [0.3, 0.4) is 0 Å². The zero-order valence-corrected chi connectivity index (χ0v) is 10.1. The molecule has 6 heteroatoms. The standard InChI is InChI=1S/C12H14FNO4/c1-8(12(16)14-7-11(15)17-2)18-10-5-3-9(13)4-6-10/h3-6,8H,7H2,1-2H3,(H,14,16). The monoisotopic (exact) mass is 255 g/mol. The van der Waals surface area contributed by atoms with E-state index in [1.54, 1.807) is 0 Å². The summed E-state index contributed by atoms with van der Waals surface area (Å²) in [5.41, 5.74) is 0. The van der Waals surface area contributed by atoms with E-state index >= 15 is 0 Å². The van der Waals surface area contributed by atoms with E-state index < -0.39 is 18.0 Å². The van der Waals surface area contributed by atoms with Crippen molar-refractivity contribution in [2.75, 3.05) is 13.7 Å². The van der Waals surface area contributed by atoms with Crippen LogP contribution < -0.4 is 10.1 Å². The molecule has 0 aliphatic heterocycles. The lowest BCUT2D eigenvalue weighted by Crippen LogP contribution is -2.39. The van der Waals surface area contributed by atoms with Gasteiger partial charge in [-0.25, -0.2) is 4.39 Å². The van der Waals surface area contributed by atoms with Gasteiger partial charge in [-0.05, 0) is 31.2 Å². The largest absolute Gasteiger partial charge is 0.481 e. The first-order valence-electron chi connectivity index (χ1n) is 5.29. The van der Waals surface area contributed by atoms with Crippen molar-refractivity contribution in [1.82, 2.24) is 5.32 Å². The van der Waals surface area contributed by atoms with Crippen molar-refractivity contribution >= 4 is 11.9 Å². The van der Waals surface area contributed by atoms with E-state index in [0.29, 0.717) is 5.75 Å². The Balaban J connectivity index is 2.44. The number of ether oxygens (including phenoxy) is 2. The summed E-state index contributed by atoms with van der Waals surface area (Å²) in [4.78, 5) is 22.3. The lowest BCUT2D eigenvalue weighted by atomic mass is 10.3. The lowest BCUT2D eigenvalue weighted by Gasteiger charge is -2.14. The van der Waals surface area contributed by atoms with Gasteiger partial charge in [-0.1, -0.05) is 0 Å². The van der Waals surface area contributed by atoms with Crippen LogP contribution in [0.2, 0.25) is 0 Å². The molecule has 1 aromatic rings. The van der Waals surface area contributed by atoms with Crippen molar-refractivity contribution < 1.29 is 23.5 Å². The SMILES string of the molecule is COC(=O)CNC(=O)C(C)Oc1ccc(F)cc1. The molecule has 0 fully saturated rings. The highest BCUT2D eigenvalue weighted by Crippen LogP contribution is 2.12. The average molecular weight is 255 g/mol. The molecule has 0 saturated carbocycles. The maximum absolute atomic E-state index is 12.6. The third-order valence-electron chi connectivity index (χ3n) is 2.13. The number of methoxy groups -OCH3 is 1. The van der Waals surface area contributed by atoms with E-state index in [1.165, 1.54) is 38.3 Å². The molecule has 0 spiro atoms. The van der Waals surface area contributed by atoms with Gasteiger partial charge in [0.25, 0.3) is 5.91 Å². The highest BCUT2D eigenvalue weighted by atomic mass is 19.1. The Morgan fingerprint density at radius 2 is 1.94 bits per heavy atom. The van der Waals surface area contributed by atoms with Gasteiger partial charge in [0.05, 0.1) is 7.11 Å². The minimum atomic E-state index is -0.792. The van der Waals surface area contributed by atoms with Gasteiger partial charge >= 0.3 is 5.97 Å². The zero-order chi connectivity index (χ0) is 13.5. The van der Waals surface area contributed by atoms with Gasteiger partial charge in [0, 0.05) is 0 Å². The van der Waals surface area contributed by atoms with Crippen LogP contribution >= 0.6 is 0 Å². The summed E-state index contributed by atoms with van der Waals surface area (Å²) in [5, 5.41) is 2.35. The quantitative estimate of drug-likeness (QED) is 0.793. The van der Waals surface area contributed by atoms with Gasteiger partial charge in [-0.3, -0.25) is 9.59 Å². The molecule has 0 aromatic heterocycles. The summed E-state index contributed by atoms with van der Waals surface area (Å²) in [6, 6.07) is 5.29. The molecule has 18 heavy (non-hydrogen) atoms. The molecule has 1 rings (SSSR count). The molecule has 1 unspecified atom stereocenters. The Morgan fingerprint density at radius 3 is 2.50 bits per heavy atom. The van der Waals surface area contributed by atoms with E-state index in [0.717, 1.165) is 0 Å². The second kappa shape index (κ2) is 6.58. The highest BCUT2D eigenvalue weighted by Gasteiger charge is 2.15. The third-order valence-corrected chi connectivity index (χ3v) is 2.13. The number of amides is 1. The summed E-state index contributed by atoms with van der Waals surface area (Å²) >= 11 is 0. The molecule has 0 saturated heterocycles. The molecule has 0 aliphatic carbocycles. The van der Waals surface area contributed by atoms with Gasteiger partial charge < -0.3 is 14.8 Å². The first-order valence-corrected chi connectivity index (χ1v) is 5.29. The fourth-order valence-corrected chi connectivity index (χ4v) is 1.15. The predicted octanol–water partition coefficient (Wildman–Crippen LogP) is 0.882. The molecule has 0 radical (unpaired) electrons. The van der Waals surface area contributed by atoms with Crippen LogP contribution in [0.5, 0.6) is 5.75 Å². The summed E-state index contributed by atoms with van der Waals surface area (Å²) in [5.74, 6) is -1.01. The maximum Gasteiger partial charge on any atom is 0.325 e. The van der Waals surface area contributed by atoms with Gasteiger partial charge in [0.2, 0.25) is 0 Å². The van der Waals surface area contributed by atoms with Crippen molar-refractivity contribution in [2.45, 2.75) is 13.0 Å². The van der Waals surface area contributed by atoms with Gasteiger partial charge in [0.1, 0.15) is 18.1 Å². The van der Waals surface area contributed by atoms with Gasteiger partial charge in [0.15, 0.2) is 6.10 Å². The van der Waals surface area contributed by atoms with Crippen LogP contribution in [-0.4, -0.2) is 31.6 Å². The Morgan fingerprint density at radius 1 is 1.33 bits per heavy atom. The minimum Gasteiger partial charge on any atom is -0.481 e. The van der Waals surface area contributed by atoms with Crippen LogP contribution in [0.25, 0.3) is 0 Å². The van der Waals surface area contributed by atoms with Crippen LogP contribution in [-0.2, 0) is 14.3 Å². The molecule has 0 bridgehead atoms. The predicted molar refractivity (Wildman–Crippen MR) is 61.5 cm³/mol. The van der Waals surface area contributed by atoms with Crippen LogP contribution in [0, 0.1) is 5.82 Å². The molecule has 0 heterocycles. The number of halogens is 1. The Hall–Kier alpha value is -2.11. The second-order valence-electron chi connectivity index (χ2n) is 3.51. The topological polar surface area (TPSA) is 64.6 Å². The van der Waals surface area contributed by atoms with Crippen LogP contribution in [0.15, 0.2) is 24.3 Å². The summed E-state index contributed by atoms with van der Waals surface area (Å²) in [7, 11) is 1.23. The number of carbonyl (C=O) groups is 2. The molecule has 98 valence electrons. The van der Waals surface area contributed by atoms with E-state index in [9.17, 15) is 14.0 Å². The Kier molecular flexibility index (Phi) is 5.10. The molecule has 1 aromatic carbocycles. The number of hydrogen-bond donors (Lipinski definition) is 1. The number of hydrogen-bond acceptors (Lipinski definition) is 4. The summed E-state index contributed by atoms with van der Waals surface area (Å²) in [6.45, 7) is 1.31. The van der Waals surface area contributed by atoms with Crippen molar-refractivity contribution in [3.8, 4) is 5.75 Å². The fraction of sp³-hybridized carbons (Fsp3) is 0.333. The number of carbonyl (C=O) groups excluding carboxylic acids is 2.